The van der Waals surface area contributed by atoms with E-state index < -0.39 is 0 Å². The third kappa shape index (κ3) is 3.28. The van der Waals surface area contributed by atoms with E-state index in [2.05, 4.69) is 5.32 Å². The van der Waals surface area contributed by atoms with E-state index in [1.54, 1.807) is 0 Å². The van der Waals surface area contributed by atoms with E-state index in [0.717, 1.165) is 10.6 Å². The molecule has 0 aliphatic rings. The summed E-state index contributed by atoms with van der Waals surface area (Å²) in [4.78, 5) is 0. The molecule has 0 saturated carbocycles. The molecule has 78 valence electrons. The van der Waals surface area contributed by atoms with Crippen LogP contribution >= 0.6 is 11.6 Å². The van der Waals surface area contributed by atoms with Crippen LogP contribution in [0.25, 0.3) is 0 Å². The zero-order valence-corrected chi connectivity index (χ0v) is 9.02. The number of hydrogen-bond acceptors (Lipinski definition) is 1. The number of halogens is 2. The Hall–Kier alpha value is -0.600. The van der Waals surface area contributed by atoms with Gasteiger partial charge in [0.05, 0.1) is 6.67 Å². The van der Waals surface area contributed by atoms with Crippen LogP contribution in [0.3, 0.4) is 0 Å². The van der Waals surface area contributed by atoms with Crippen molar-refractivity contribution in [3.8, 4) is 0 Å². The standard InChI is InChI=1S/C11H15ClFN/c1-9(14-8-4-7-13)10-5-2-3-6-11(10)12/h2-3,5-6,9,14H,4,7-8H2,1H3/t9-/m1/s1. The van der Waals surface area contributed by atoms with Gasteiger partial charge < -0.3 is 5.32 Å². The van der Waals surface area contributed by atoms with Gasteiger partial charge >= 0.3 is 0 Å². The van der Waals surface area contributed by atoms with Crippen LogP contribution in [0.5, 0.6) is 0 Å². The molecule has 1 nitrogen and oxygen atoms in total. The van der Waals surface area contributed by atoms with E-state index in [4.69, 9.17) is 11.6 Å². The molecule has 0 bridgehead atoms. The highest BCUT2D eigenvalue weighted by molar-refractivity contribution is 6.31. The highest BCUT2D eigenvalue weighted by Gasteiger charge is 2.07. The summed E-state index contributed by atoms with van der Waals surface area (Å²) >= 11 is 6.02. The molecule has 1 atom stereocenters. The molecule has 0 unspecified atom stereocenters. The number of benzene rings is 1. The maximum absolute atomic E-state index is 11.9. The normalized spacial score (nSPS) is 12.8. The molecule has 0 spiro atoms. The Labute approximate surface area is 89.3 Å². The van der Waals surface area contributed by atoms with Crippen LogP contribution in [0.15, 0.2) is 24.3 Å². The van der Waals surface area contributed by atoms with E-state index in [0.29, 0.717) is 13.0 Å². The van der Waals surface area contributed by atoms with Crippen LogP contribution < -0.4 is 5.32 Å². The van der Waals surface area contributed by atoms with Crippen LogP contribution in [0, 0.1) is 0 Å². The predicted molar refractivity (Wildman–Crippen MR) is 58.5 cm³/mol. The van der Waals surface area contributed by atoms with Crippen LogP contribution in [0.4, 0.5) is 4.39 Å². The van der Waals surface area contributed by atoms with Gasteiger partial charge in [-0.05, 0) is 31.5 Å². The first-order chi connectivity index (χ1) is 6.75. The lowest BCUT2D eigenvalue weighted by molar-refractivity contribution is 0.446. The molecule has 14 heavy (non-hydrogen) atoms. The van der Waals surface area contributed by atoms with Gasteiger partial charge in [0.25, 0.3) is 0 Å². The summed E-state index contributed by atoms with van der Waals surface area (Å²) in [5.74, 6) is 0. The van der Waals surface area contributed by atoms with Gasteiger partial charge in [-0.2, -0.15) is 0 Å². The molecule has 1 aromatic rings. The molecular weight excluding hydrogens is 201 g/mol. The summed E-state index contributed by atoms with van der Waals surface area (Å²) in [6, 6.07) is 7.88. The summed E-state index contributed by atoms with van der Waals surface area (Å²) in [6.07, 6.45) is 0.550. The summed E-state index contributed by atoms with van der Waals surface area (Å²) in [5.41, 5.74) is 1.06. The van der Waals surface area contributed by atoms with Crippen molar-refractivity contribution in [1.82, 2.24) is 5.32 Å². The second kappa shape index (κ2) is 5.99. The van der Waals surface area contributed by atoms with Gasteiger partial charge in [0, 0.05) is 11.1 Å². The van der Waals surface area contributed by atoms with E-state index in [9.17, 15) is 4.39 Å². The number of nitrogens with one attached hydrogen (secondary N) is 1. The zero-order valence-electron chi connectivity index (χ0n) is 8.26. The molecule has 3 heteroatoms. The Morgan fingerprint density at radius 2 is 2.14 bits per heavy atom. The second-order valence-electron chi connectivity index (χ2n) is 3.24. The molecule has 0 amide bonds. The van der Waals surface area contributed by atoms with Crippen LogP contribution in [-0.4, -0.2) is 13.2 Å². The first kappa shape index (κ1) is 11.5. The highest BCUT2D eigenvalue weighted by Crippen LogP contribution is 2.21. The Morgan fingerprint density at radius 1 is 1.43 bits per heavy atom. The maximum atomic E-state index is 11.9. The van der Waals surface area contributed by atoms with Gasteiger partial charge in [-0.3, -0.25) is 4.39 Å². The first-order valence-electron chi connectivity index (χ1n) is 4.79. The largest absolute Gasteiger partial charge is 0.310 e. The van der Waals surface area contributed by atoms with Gasteiger partial charge in [-0.25, -0.2) is 0 Å². The number of rotatable bonds is 5. The number of alkyl halides is 1. The van der Waals surface area contributed by atoms with Crippen molar-refractivity contribution in [3.05, 3.63) is 34.9 Å². The molecule has 0 saturated heterocycles. The molecule has 0 aromatic heterocycles. The highest BCUT2D eigenvalue weighted by atomic mass is 35.5. The van der Waals surface area contributed by atoms with Gasteiger partial charge in [0.1, 0.15) is 0 Å². The van der Waals surface area contributed by atoms with Crippen LogP contribution in [0.1, 0.15) is 24.9 Å². The third-order valence-corrected chi connectivity index (χ3v) is 2.48. The Balaban J connectivity index is 2.51. The SMILES string of the molecule is C[C@@H](NCCCF)c1ccccc1Cl. The molecule has 1 N–H and O–H groups in total. The number of hydrogen-bond donors (Lipinski definition) is 1. The molecule has 0 heterocycles. The lowest BCUT2D eigenvalue weighted by Gasteiger charge is -2.14. The van der Waals surface area contributed by atoms with Gasteiger partial charge in [-0.1, -0.05) is 29.8 Å². The van der Waals surface area contributed by atoms with Crippen molar-refractivity contribution in [1.29, 1.82) is 0 Å². The Bertz CT molecular complexity index is 278. The monoisotopic (exact) mass is 215 g/mol. The quantitative estimate of drug-likeness (QED) is 0.743. The summed E-state index contributed by atoms with van der Waals surface area (Å²) < 4.78 is 11.9. The first-order valence-corrected chi connectivity index (χ1v) is 5.17. The van der Waals surface area contributed by atoms with Gasteiger partial charge in [0.15, 0.2) is 0 Å². The average Bonchev–Trinajstić information content (AvgIpc) is 2.18. The van der Waals surface area contributed by atoms with E-state index in [-0.39, 0.29) is 12.7 Å². The Kier molecular flexibility index (Phi) is 4.91. The fraction of sp³-hybridized carbons (Fsp3) is 0.455. The summed E-state index contributed by atoms with van der Waals surface area (Å²) in [6.45, 7) is 2.44. The maximum Gasteiger partial charge on any atom is 0.0906 e. The van der Waals surface area contributed by atoms with Crippen molar-refractivity contribution >= 4 is 11.6 Å². The second-order valence-corrected chi connectivity index (χ2v) is 3.65. The fourth-order valence-corrected chi connectivity index (χ4v) is 1.62. The molecule has 0 aliphatic carbocycles. The summed E-state index contributed by atoms with van der Waals surface area (Å²) in [7, 11) is 0. The van der Waals surface area contributed by atoms with E-state index in [1.807, 2.05) is 31.2 Å². The van der Waals surface area contributed by atoms with Crippen molar-refractivity contribution in [3.63, 3.8) is 0 Å². The molecular formula is C11H15ClFN. The fourth-order valence-electron chi connectivity index (χ4n) is 1.32. The van der Waals surface area contributed by atoms with Gasteiger partial charge in [0.2, 0.25) is 0 Å². The minimum absolute atomic E-state index is 0.176. The van der Waals surface area contributed by atoms with Crippen molar-refractivity contribution in [2.75, 3.05) is 13.2 Å². The minimum Gasteiger partial charge on any atom is -0.310 e. The predicted octanol–water partition coefficient (Wildman–Crippen LogP) is 3.35. The van der Waals surface area contributed by atoms with Gasteiger partial charge in [-0.15, -0.1) is 0 Å². The van der Waals surface area contributed by atoms with Crippen molar-refractivity contribution in [2.24, 2.45) is 0 Å². The molecule has 0 radical (unpaired) electrons. The third-order valence-electron chi connectivity index (χ3n) is 2.13. The van der Waals surface area contributed by atoms with Crippen molar-refractivity contribution in [2.45, 2.75) is 19.4 Å². The van der Waals surface area contributed by atoms with E-state index in [1.165, 1.54) is 0 Å². The zero-order chi connectivity index (χ0) is 10.4. The lowest BCUT2D eigenvalue weighted by Crippen LogP contribution is -2.20. The average molecular weight is 216 g/mol. The minimum atomic E-state index is -0.276. The molecule has 0 aliphatic heterocycles. The topological polar surface area (TPSA) is 12.0 Å². The Morgan fingerprint density at radius 3 is 2.79 bits per heavy atom. The molecule has 0 fully saturated rings. The lowest BCUT2D eigenvalue weighted by atomic mass is 10.1. The van der Waals surface area contributed by atoms with Crippen molar-refractivity contribution < 1.29 is 4.39 Å². The molecule has 1 aromatic carbocycles. The summed E-state index contributed by atoms with van der Waals surface area (Å²) in [5, 5.41) is 3.97. The van der Waals surface area contributed by atoms with Crippen LogP contribution in [0.2, 0.25) is 5.02 Å². The van der Waals surface area contributed by atoms with E-state index >= 15 is 0 Å². The van der Waals surface area contributed by atoms with Crippen LogP contribution in [-0.2, 0) is 0 Å². The smallest absolute Gasteiger partial charge is 0.0906 e. The molecule has 1 rings (SSSR count).